The maximum absolute atomic E-state index is 12.0. The largest absolute Gasteiger partial charge is 0.448 e. The fourth-order valence-corrected chi connectivity index (χ4v) is 2.13. The van der Waals surface area contributed by atoms with Gasteiger partial charge in [-0.15, -0.1) is 0 Å². The lowest BCUT2D eigenvalue weighted by Gasteiger charge is -2.33. The number of rotatable bonds is 1. The molecule has 0 bridgehead atoms. The maximum Gasteiger partial charge on any atom is 0.410 e. The van der Waals surface area contributed by atoms with Gasteiger partial charge in [0, 0.05) is 19.0 Å². The summed E-state index contributed by atoms with van der Waals surface area (Å²) in [6.07, 6.45) is 4.90. The Hall–Kier alpha value is -1.52. The van der Waals surface area contributed by atoms with E-state index in [0.717, 1.165) is 25.1 Å². The van der Waals surface area contributed by atoms with Crippen LogP contribution in [0.15, 0.2) is 17.0 Å². The molecule has 5 heteroatoms. The Morgan fingerprint density at radius 3 is 2.94 bits per heavy atom. The first-order valence-electron chi connectivity index (χ1n) is 6.32. The van der Waals surface area contributed by atoms with Crippen LogP contribution < -0.4 is 0 Å². The number of oxazole rings is 1. The zero-order chi connectivity index (χ0) is 13.2. The molecular weight excluding hydrogens is 232 g/mol. The highest BCUT2D eigenvalue weighted by atomic mass is 16.6. The first-order chi connectivity index (χ1) is 8.46. The SMILES string of the molecule is CC(C)(C)OC(=O)N1CCC[C@@H](c2cnco2)C1. The molecule has 1 aromatic rings. The van der Waals surface area contributed by atoms with Crippen molar-refractivity contribution < 1.29 is 13.9 Å². The van der Waals surface area contributed by atoms with Crippen LogP contribution in [0, 0.1) is 0 Å². The lowest BCUT2D eigenvalue weighted by Crippen LogP contribution is -2.42. The fraction of sp³-hybridized carbons (Fsp3) is 0.692. The summed E-state index contributed by atoms with van der Waals surface area (Å²) in [7, 11) is 0. The third-order valence-corrected chi connectivity index (χ3v) is 2.93. The van der Waals surface area contributed by atoms with E-state index in [-0.39, 0.29) is 12.0 Å². The van der Waals surface area contributed by atoms with Gasteiger partial charge < -0.3 is 14.1 Å². The number of carbonyl (C=O) groups excluding carboxylic acids is 1. The van der Waals surface area contributed by atoms with Crippen molar-refractivity contribution in [3.63, 3.8) is 0 Å². The van der Waals surface area contributed by atoms with E-state index in [1.54, 1.807) is 11.1 Å². The Balaban J connectivity index is 1.96. The number of amides is 1. The molecule has 1 fully saturated rings. The summed E-state index contributed by atoms with van der Waals surface area (Å²) in [5.74, 6) is 1.08. The highest BCUT2D eigenvalue weighted by Gasteiger charge is 2.29. The summed E-state index contributed by atoms with van der Waals surface area (Å²) >= 11 is 0. The molecule has 1 atom stereocenters. The predicted octanol–water partition coefficient (Wildman–Crippen LogP) is 2.79. The topological polar surface area (TPSA) is 55.6 Å². The van der Waals surface area contributed by atoms with Crippen LogP contribution in [0.3, 0.4) is 0 Å². The van der Waals surface area contributed by atoms with Crippen molar-refractivity contribution in [3.8, 4) is 0 Å². The number of likely N-dealkylation sites (tertiary alicyclic amines) is 1. The highest BCUT2D eigenvalue weighted by Crippen LogP contribution is 2.27. The molecule has 1 saturated heterocycles. The lowest BCUT2D eigenvalue weighted by atomic mass is 9.96. The average molecular weight is 252 g/mol. The average Bonchev–Trinajstić information content (AvgIpc) is 2.80. The van der Waals surface area contributed by atoms with Crippen LogP contribution in [0.5, 0.6) is 0 Å². The molecule has 0 radical (unpaired) electrons. The minimum absolute atomic E-state index is 0.230. The number of hydrogen-bond donors (Lipinski definition) is 0. The van der Waals surface area contributed by atoms with Gasteiger partial charge in [0.15, 0.2) is 6.39 Å². The van der Waals surface area contributed by atoms with Gasteiger partial charge in [0.25, 0.3) is 0 Å². The molecule has 0 N–H and O–H groups in total. The molecule has 5 nitrogen and oxygen atoms in total. The van der Waals surface area contributed by atoms with Crippen LogP contribution in [0.1, 0.15) is 45.3 Å². The molecule has 1 amide bonds. The number of hydrogen-bond acceptors (Lipinski definition) is 4. The van der Waals surface area contributed by atoms with Crippen LogP contribution in [0.25, 0.3) is 0 Å². The van der Waals surface area contributed by atoms with Gasteiger partial charge in [-0.25, -0.2) is 9.78 Å². The Kier molecular flexibility index (Phi) is 3.59. The quantitative estimate of drug-likeness (QED) is 0.771. The second-order valence-electron chi connectivity index (χ2n) is 5.67. The zero-order valence-electron chi connectivity index (χ0n) is 11.2. The highest BCUT2D eigenvalue weighted by molar-refractivity contribution is 5.68. The van der Waals surface area contributed by atoms with Crippen molar-refractivity contribution in [2.45, 2.75) is 45.1 Å². The minimum Gasteiger partial charge on any atom is -0.448 e. The molecular formula is C13H20N2O3. The van der Waals surface area contributed by atoms with Gasteiger partial charge >= 0.3 is 6.09 Å². The van der Waals surface area contributed by atoms with Gasteiger partial charge in [0.2, 0.25) is 0 Å². The van der Waals surface area contributed by atoms with Gasteiger partial charge in [-0.2, -0.15) is 0 Å². The van der Waals surface area contributed by atoms with Crippen molar-refractivity contribution in [1.29, 1.82) is 0 Å². The summed E-state index contributed by atoms with van der Waals surface area (Å²) in [5.41, 5.74) is -0.448. The summed E-state index contributed by atoms with van der Waals surface area (Å²) in [6.45, 7) is 7.03. The second-order valence-corrected chi connectivity index (χ2v) is 5.67. The van der Waals surface area contributed by atoms with E-state index in [9.17, 15) is 4.79 Å². The molecule has 0 unspecified atom stereocenters. The van der Waals surface area contributed by atoms with Gasteiger partial charge in [-0.05, 0) is 33.6 Å². The maximum atomic E-state index is 12.0. The number of piperidine rings is 1. The Morgan fingerprint density at radius 2 is 2.33 bits per heavy atom. The van der Waals surface area contributed by atoms with E-state index in [1.165, 1.54) is 6.39 Å². The van der Waals surface area contributed by atoms with E-state index in [2.05, 4.69) is 4.98 Å². The molecule has 1 aliphatic heterocycles. The van der Waals surface area contributed by atoms with Crippen LogP contribution in [-0.4, -0.2) is 34.7 Å². The first kappa shape index (κ1) is 12.9. The predicted molar refractivity (Wildman–Crippen MR) is 66.3 cm³/mol. The smallest absolute Gasteiger partial charge is 0.410 e. The van der Waals surface area contributed by atoms with E-state index in [0.29, 0.717) is 6.54 Å². The monoisotopic (exact) mass is 252 g/mol. The zero-order valence-corrected chi connectivity index (χ0v) is 11.2. The first-order valence-corrected chi connectivity index (χ1v) is 6.32. The van der Waals surface area contributed by atoms with Crippen molar-refractivity contribution in [3.05, 3.63) is 18.4 Å². The van der Waals surface area contributed by atoms with Gasteiger partial charge in [-0.3, -0.25) is 0 Å². The van der Waals surface area contributed by atoms with E-state index in [1.807, 2.05) is 20.8 Å². The van der Waals surface area contributed by atoms with Crippen molar-refractivity contribution >= 4 is 6.09 Å². The molecule has 1 aromatic heterocycles. The summed E-state index contributed by atoms with van der Waals surface area (Å²) in [6, 6.07) is 0. The van der Waals surface area contributed by atoms with Crippen molar-refractivity contribution in [2.24, 2.45) is 0 Å². The fourth-order valence-electron chi connectivity index (χ4n) is 2.13. The standard InChI is InChI=1S/C13H20N2O3/c1-13(2,3)18-12(16)15-6-4-5-10(8-15)11-7-14-9-17-11/h7,9-10H,4-6,8H2,1-3H3/t10-/m1/s1. The Morgan fingerprint density at radius 1 is 1.56 bits per heavy atom. The Bertz CT molecular complexity index is 395. The van der Waals surface area contributed by atoms with Crippen LogP contribution in [0.4, 0.5) is 4.79 Å². The number of ether oxygens (including phenoxy) is 1. The van der Waals surface area contributed by atoms with E-state index < -0.39 is 5.60 Å². The normalized spacial score (nSPS) is 20.8. The third kappa shape index (κ3) is 3.24. The number of carbonyl (C=O) groups is 1. The van der Waals surface area contributed by atoms with Crippen molar-refractivity contribution in [2.75, 3.05) is 13.1 Å². The van der Waals surface area contributed by atoms with Gasteiger partial charge in [-0.1, -0.05) is 0 Å². The molecule has 0 aromatic carbocycles. The van der Waals surface area contributed by atoms with Crippen molar-refractivity contribution in [1.82, 2.24) is 9.88 Å². The lowest BCUT2D eigenvalue weighted by molar-refractivity contribution is 0.0192. The van der Waals surface area contributed by atoms with Gasteiger partial charge in [0.05, 0.1) is 6.20 Å². The van der Waals surface area contributed by atoms with Crippen LogP contribution in [-0.2, 0) is 4.74 Å². The molecule has 0 saturated carbocycles. The summed E-state index contributed by atoms with van der Waals surface area (Å²) in [5, 5.41) is 0. The molecule has 100 valence electrons. The molecule has 0 aliphatic carbocycles. The van der Waals surface area contributed by atoms with E-state index in [4.69, 9.17) is 9.15 Å². The molecule has 0 spiro atoms. The molecule has 1 aliphatic rings. The number of aromatic nitrogens is 1. The molecule has 2 rings (SSSR count). The van der Waals surface area contributed by atoms with Crippen LogP contribution >= 0.6 is 0 Å². The summed E-state index contributed by atoms with van der Waals surface area (Å²) < 4.78 is 10.7. The summed E-state index contributed by atoms with van der Waals surface area (Å²) in [4.78, 5) is 17.7. The number of nitrogens with zero attached hydrogens (tertiary/aromatic N) is 2. The second kappa shape index (κ2) is 5.00. The van der Waals surface area contributed by atoms with Gasteiger partial charge in [0.1, 0.15) is 11.4 Å². The van der Waals surface area contributed by atoms with Crippen LogP contribution in [0.2, 0.25) is 0 Å². The third-order valence-electron chi connectivity index (χ3n) is 2.93. The minimum atomic E-state index is -0.448. The Labute approximate surface area is 107 Å². The molecule has 18 heavy (non-hydrogen) atoms. The van der Waals surface area contributed by atoms with E-state index >= 15 is 0 Å². The molecule has 2 heterocycles.